The highest BCUT2D eigenvalue weighted by molar-refractivity contribution is 7.99. The molecule has 2 rings (SSSR count). The number of nitriles is 1. The SMILES string of the molecule is CCSc1cccc(OC2CCCC2CN)c1C#N. The first-order valence-electron chi connectivity index (χ1n) is 6.82. The highest BCUT2D eigenvalue weighted by atomic mass is 32.2. The Morgan fingerprint density at radius 3 is 3.00 bits per heavy atom. The molecule has 1 aromatic carbocycles. The third-order valence-corrected chi connectivity index (χ3v) is 4.51. The molecule has 0 amide bonds. The minimum absolute atomic E-state index is 0.166. The summed E-state index contributed by atoms with van der Waals surface area (Å²) >= 11 is 1.68. The number of ether oxygens (including phenoxy) is 1. The van der Waals surface area contributed by atoms with Gasteiger partial charge >= 0.3 is 0 Å². The van der Waals surface area contributed by atoms with Gasteiger partial charge in [-0.3, -0.25) is 0 Å². The standard InChI is InChI=1S/C15H20N2OS/c1-2-19-15-8-4-7-14(12(15)10-17)18-13-6-3-5-11(13)9-16/h4,7-8,11,13H,2-3,5-6,9,16H2,1H3. The third kappa shape index (κ3) is 3.23. The molecule has 4 heteroatoms. The van der Waals surface area contributed by atoms with Gasteiger partial charge in [0.15, 0.2) is 0 Å². The van der Waals surface area contributed by atoms with Crippen LogP contribution in [0.1, 0.15) is 31.7 Å². The van der Waals surface area contributed by atoms with Crippen molar-refractivity contribution in [3.8, 4) is 11.8 Å². The molecule has 0 aromatic heterocycles. The van der Waals surface area contributed by atoms with Gasteiger partial charge in [0.1, 0.15) is 23.5 Å². The van der Waals surface area contributed by atoms with Crippen LogP contribution in [-0.4, -0.2) is 18.4 Å². The number of thioether (sulfide) groups is 1. The zero-order valence-electron chi connectivity index (χ0n) is 11.3. The van der Waals surface area contributed by atoms with Crippen LogP contribution in [0.4, 0.5) is 0 Å². The Hall–Kier alpha value is -1.18. The summed E-state index contributed by atoms with van der Waals surface area (Å²) in [4.78, 5) is 1.00. The fraction of sp³-hybridized carbons (Fsp3) is 0.533. The molecule has 102 valence electrons. The van der Waals surface area contributed by atoms with Gasteiger partial charge in [-0.2, -0.15) is 5.26 Å². The molecule has 2 N–H and O–H groups in total. The van der Waals surface area contributed by atoms with E-state index in [0.29, 0.717) is 23.8 Å². The molecule has 0 saturated heterocycles. The average molecular weight is 276 g/mol. The quantitative estimate of drug-likeness (QED) is 0.839. The van der Waals surface area contributed by atoms with Crippen LogP contribution in [0.2, 0.25) is 0 Å². The van der Waals surface area contributed by atoms with Gasteiger partial charge in [-0.1, -0.05) is 13.0 Å². The van der Waals surface area contributed by atoms with Crippen LogP contribution in [0, 0.1) is 17.2 Å². The van der Waals surface area contributed by atoms with E-state index in [0.717, 1.165) is 29.9 Å². The predicted molar refractivity (Wildman–Crippen MR) is 78.4 cm³/mol. The zero-order chi connectivity index (χ0) is 13.7. The summed E-state index contributed by atoms with van der Waals surface area (Å²) in [6, 6.07) is 8.11. The van der Waals surface area contributed by atoms with Gasteiger partial charge in [-0.15, -0.1) is 11.8 Å². The van der Waals surface area contributed by atoms with Crippen LogP contribution in [0.5, 0.6) is 5.75 Å². The molecule has 19 heavy (non-hydrogen) atoms. The van der Waals surface area contributed by atoms with Crippen molar-refractivity contribution in [2.45, 2.75) is 37.2 Å². The van der Waals surface area contributed by atoms with E-state index in [-0.39, 0.29) is 6.10 Å². The van der Waals surface area contributed by atoms with Gasteiger partial charge < -0.3 is 10.5 Å². The Morgan fingerprint density at radius 1 is 1.47 bits per heavy atom. The number of nitrogens with two attached hydrogens (primary N) is 1. The molecule has 1 aromatic rings. The summed E-state index contributed by atoms with van der Waals surface area (Å²) in [7, 11) is 0. The molecule has 1 aliphatic carbocycles. The van der Waals surface area contributed by atoms with Crippen molar-refractivity contribution in [1.29, 1.82) is 5.26 Å². The van der Waals surface area contributed by atoms with Gasteiger partial charge in [0, 0.05) is 10.8 Å². The normalized spacial score (nSPS) is 22.2. The lowest BCUT2D eigenvalue weighted by Gasteiger charge is -2.21. The molecule has 1 saturated carbocycles. The summed E-state index contributed by atoms with van der Waals surface area (Å²) in [5.74, 6) is 2.09. The second kappa shape index (κ2) is 6.83. The zero-order valence-corrected chi connectivity index (χ0v) is 12.1. The van der Waals surface area contributed by atoms with Gasteiger partial charge in [-0.05, 0) is 43.7 Å². The Balaban J connectivity index is 2.20. The van der Waals surface area contributed by atoms with Crippen molar-refractivity contribution in [3.05, 3.63) is 23.8 Å². The molecule has 1 aliphatic rings. The minimum atomic E-state index is 0.166. The first-order chi connectivity index (χ1) is 9.30. The second-order valence-corrected chi connectivity index (χ2v) is 6.06. The van der Waals surface area contributed by atoms with Crippen LogP contribution in [-0.2, 0) is 0 Å². The fourth-order valence-electron chi connectivity index (χ4n) is 2.59. The summed E-state index contributed by atoms with van der Waals surface area (Å²) in [6.45, 7) is 2.75. The van der Waals surface area contributed by atoms with E-state index in [1.54, 1.807) is 11.8 Å². The van der Waals surface area contributed by atoms with Crippen LogP contribution in [0.3, 0.4) is 0 Å². The molecule has 0 bridgehead atoms. The van der Waals surface area contributed by atoms with Crippen molar-refractivity contribution in [2.24, 2.45) is 11.7 Å². The van der Waals surface area contributed by atoms with Crippen molar-refractivity contribution >= 4 is 11.8 Å². The van der Waals surface area contributed by atoms with E-state index in [4.69, 9.17) is 10.5 Å². The highest BCUT2D eigenvalue weighted by Crippen LogP contribution is 2.34. The molecule has 0 spiro atoms. The molecule has 0 aliphatic heterocycles. The first-order valence-corrected chi connectivity index (χ1v) is 7.81. The second-order valence-electron chi connectivity index (χ2n) is 4.76. The molecule has 0 heterocycles. The van der Waals surface area contributed by atoms with Gasteiger partial charge in [0.25, 0.3) is 0 Å². The van der Waals surface area contributed by atoms with E-state index in [1.807, 2.05) is 18.2 Å². The average Bonchev–Trinajstić information content (AvgIpc) is 2.87. The van der Waals surface area contributed by atoms with E-state index in [2.05, 4.69) is 13.0 Å². The van der Waals surface area contributed by atoms with Crippen molar-refractivity contribution < 1.29 is 4.74 Å². The molecule has 2 unspecified atom stereocenters. The van der Waals surface area contributed by atoms with Crippen molar-refractivity contribution in [2.75, 3.05) is 12.3 Å². The molecular formula is C15H20N2OS. The topological polar surface area (TPSA) is 59.0 Å². The minimum Gasteiger partial charge on any atom is -0.489 e. The van der Waals surface area contributed by atoms with Gasteiger partial charge in [0.2, 0.25) is 0 Å². The van der Waals surface area contributed by atoms with Gasteiger partial charge in [0.05, 0.1) is 0 Å². The Labute approximate surface area is 119 Å². The summed E-state index contributed by atoms with van der Waals surface area (Å²) in [5.41, 5.74) is 6.44. The summed E-state index contributed by atoms with van der Waals surface area (Å²) < 4.78 is 6.07. The Morgan fingerprint density at radius 2 is 2.32 bits per heavy atom. The highest BCUT2D eigenvalue weighted by Gasteiger charge is 2.28. The molecular weight excluding hydrogens is 256 g/mol. The summed E-state index contributed by atoms with van der Waals surface area (Å²) in [6.07, 6.45) is 3.50. The number of nitrogens with zero attached hydrogens (tertiary/aromatic N) is 1. The molecule has 1 fully saturated rings. The molecule has 2 atom stereocenters. The predicted octanol–water partition coefficient (Wildman–Crippen LogP) is 3.18. The van der Waals surface area contributed by atoms with Crippen LogP contribution >= 0.6 is 11.8 Å². The van der Waals surface area contributed by atoms with E-state index < -0.39 is 0 Å². The first kappa shape index (κ1) is 14.2. The number of hydrogen-bond acceptors (Lipinski definition) is 4. The van der Waals surface area contributed by atoms with Crippen molar-refractivity contribution in [1.82, 2.24) is 0 Å². The lowest BCUT2D eigenvalue weighted by molar-refractivity contribution is 0.161. The molecule has 0 radical (unpaired) electrons. The van der Waals surface area contributed by atoms with Crippen molar-refractivity contribution in [3.63, 3.8) is 0 Å². The van der Waals surface area contributed by atoms with Gasteiger partial charge in [-0.25, -0.2) is 0 Å². The van der Waals surface area contributed by atoms with E-state index in [9.17, 15) is 5.26 Å². The third-order valence-electron chi connectivity index (χ3n) is 3.57. The smallest absolute Gasteiger partial charge is 0.138 e. The lowest BCUT2D eigenvalue weighted by atomic mass is 10.1. The van der Waals surface area contributed by atoms with Crippen LogP contribution < -0.4 is 10.5 Å². The maximum absolute atomic E-state index is 9.35. The largest absolute Gasteiger partial charge is 0.489 e. The number of hydrogen-bond donors (Lipinski definition) is 1. The van der Waals surface area contributed by atoms with E-state index >= 15 is 0 Å². The number of rotatable bonds is 5. The van der Waals surface area contributed by atoms with E-state index in [1.165, 1.54) is 0 Å². The monoisotopic (exact) mass is 276 g/mol. The Kier molecular flexibility index (Phi) is 5.12. The van der Waals surface area contributed by atoms with Crippen LogP contribution in [0.25, 0.3) is 0 Å². The summed E-state index contributed by atoms with van der Waals surface area (Å²) in [5, 5.41) is 9.35. The maximum Gasteiger partial charge on any atom is 0.138 e. The fourth-order valence-corrected chi connectivity index (χ4v) is 3.36. The number of benzene rings is 1. The lowest BCUT2D eigenvalue weighted by Crippen LogP contribution is -2.27. The molecule has 3 nitrogen and oxygen atoms in total. The Bertz CT molecular complexity index is 470. The van der Waals surface area contributed by atoms with Crippen LogP contribution in [0.15, 0.2) is 23.1 Å². The maximum atomic E-state index is 9.35.